The van der Waals surface area contributed by atoms with Gasteiger partial charge in [-0.1, -0.05) is 0 Å². The van der Waals surface area contributed by atoms with Gasteiger partial charge in [-0.15, -0.1) is 0 Å². The van der Waals surface area contributed by atoms with Gasteiger partial charge in [-0.3, -0.25) is 9.58 Å². The molecule has 2 atom stereocenters. The van der Waals surface area contributed by atoms with Crippen LogP contribution in [-0.2, 0) is 21.0 Å². The standard InChI is InChI=1S/C25H33N3O5S/c1-16-12-22-21(10-9-17(2)28(22)25(29)32-3)24(33-20-7-4-8-20)23(16)18-13-26-27(14-18)19-6-5-11-34(30,31)15-19/h12-14,17,19-20H,4-11,15H2,1-3H3/t17-,19?/m0/s1. The van der Waals surface area contributed by atoms with Gasteiger partial charge in [-0.05, 0) is 70.4 Å². The number of carbonyl (C=O) groups is 1. The number of hydrogen-bond donors (Lipinski definition) is 0. The molecule has 9 heteroatoms. The van der Waals surface area contributed by atoms with Gasteiger partial charge < -0.3 is 9.47 Å². The molecule has 1 aliphatic carbocycles. The number of anilines is 1. The van der Waals surface area contributed by atoms with Gasteiger partial charge in [-0.2, -0.15) is 5.10 Å². The Hall–Kier alpha value is -2.55. The summed E-state index contributed by atoms with van der Waals surface area (Å²) < 4.78 is 37.8. The maximum absolute atomic E-state index is 12.6. The number of nitrogens with zero attached hydrogens (tertiary/aromatic N) is 3. The molecule has 8 nitrogen and oxygen atoms in total. The molecule has 3 heterocycles. The van der Waals surface area contributed by atoms with E-state index >= 15 is 0 Å². The molecule has 1 saturated heterocycles. The fraction of sp³-hybridized carbons (Fsp3) is 0.600. The number of aryl methyl sites for hydroxylation is 1. The van der Waals surface area contributed by atoms with Crippen molar-refractivity contribution < 1.29 is 22.7 Å². The van der Waals surface area contributed by atoms with E-state index in [1.54, 1.807) is 9.58 Å². The lowest BCUT2D eigenvalue weighted by Gasteiger charge is -2.37. The summed E-state index contributed by atoms with van der Waals surface area (Å²) in [5, 5.41) is 4.57. The van der Waals surface area contributed by atoms with Crippen LogP contribution in [0, 0.1) is 6.92 Å². The van der Waals surface area contributed by atoms with Gasteiger partial charge in [0.05, 0.1) is 42.6 Å². The Labute approximate surface area is 201 Å². The Morgan fingerprint density at radius 3 is 2.65 bits per heavy atom. The second kappa shape index (κ2) is 8.91. The zero-order valence-corrected chi connectivity index (χ0v) is 20.9. The summed E-state index contributed by atoms with van der Waals surface area (Å²) in [6.07, 6.45) is 9.91. The molecule has 184 valence electrons. The largest absolute Gasteiger partial charge is 0.489 e. The molecule has 0 radical (unpaired) electrons. The molecule has 2 fully saturated rings. The summed E-state index contributed by atoms with van der Waals surface area (Å²) in [5.41, 5.74) is 4.78. The van der Waals surface area contributed by atoms with Crippen molar-refractivity contribution >= 4 is 21.6 Å². The number of rotatable bonds is 4. The molecule has 1 saturated carbocycles. The summed E-state index contributed by atoms with van der Waals surface area (Å²) in [7, 11) is -1.62. The Morgan fingerprint density at radius 1 is 1.18 bits per heavy atom. The van der Waals surface area contributed by atoms with Gasteiger partial charge in [0.2, 0.25) is 0 Å². The van der Waals surface area contributed by atoms with E-state index in [0.717, 1.165) is 72.2 Å². The van der Waals surface area contributed by atoms with Crippen molar-refractivity contribution in [3.05, 3.63) is 29.6 Å². The normalized spacial score (nSPS) is 24.3. The predicted molar refractivity (Wildman–Crippen MR) is 130 cm³/mol. The van der Waals surface area contributed by atoms with E-state index in [0.29, 0.717) is 6.42 Å². The molecule has 1 amide bonds. The van der Waals surface area contributed by atoms with Crippen molar-refractivity contribution in [3.8, 4) is 16.9 Å². The maximum atomic E-state index is 12.6. The average molecular weight is 488 g/mol. The molecule has 3 aliphatic rings. The van der Waals surface area contributed by atoms with E-state index in [-0.39, 0.29) is 35.8 Å². The lowest BCUT2D eigenvalue weighted by molar-refractivity contribution is 0.119. The van der Waals surface area contributed by atoms with Crippen molar-refractivity contribution in [2.75, 3.05) is 23.5 Å². The van der Waals surface area contributed by atoms with Gasteiger partial charge >= 0.3 is 6.09 Å². The van der Waals surface area contributed by atoms with Crippen LogP contribution in [0.3, 0.4) is 0 Å². The van der Waals surface area contributed by atoms with E-state index in [1.165, 1.54) is 7.11 Å². The first-order valence-electron chi connectivity index (χ1n) is 12.2. The SMILES string of the molecule is COC(=O)N1c2cc(C)c(-c3cnn(C4CCCS(=O)(=O)C4)c3)c(OC3CCC3)c2CC[C@@H]1C. The maximum Gasteiger partial charge on any atom is 0.414 e. The summed E-state index contributed by atoms with van der Waals surface area (Å²) >= 11 is 0. The summed E-state index contributed by atoms with van der Waals surface area (Å²) in [6, 6.07) is 1.95. The monoisotopic (exact) mass is 487 g/mol. The van der Waals surface area contributed by atoms with Crippen molar-refractivity contribution in [3.63, 3.8) is 0 Å². The van der Waals surface area contributed by atoms with Crippen LogP contribution >= 0.6 is 0 Å². The van der Waals surface area contributed by atoms with Gasteiger partial charge in [-0.25, -0.2) is 13.2 Å². The molecule has 0 bridgehead atoms. The van der Waals surface area contributed by atoms with Gasteiger partial charge in [0.25, 0.3) is 0 Å². The minimum absolute atomic E-state index is 0.0396. The van der Waals surface area contributed by atoms with Crippen molar-refractivity contribution in [2.45, 2.75) is 77.0 Å². The lowest BCUT2D eigenvalue weighted by atomic mass is 9.89. The molecule has 34 heavy (non-hydrogen) atoms. The van der Waals surface area contributed by atoms with E-state index < -0.39 is 9.84 Å². The third kappa shape index (κ3) is 4.19. The zero-order chi connectivity index (χ0) is 24.0. The predicted octanol–water partition coefficient (Wildman–Crippen LogP) is 4.45. The highest BCUT2D eigenvalue weighted by Gasteiger charge is 2.35. The number of fused-ring (bicyclic) bond motifs is 1. The fourth-order valence-corrected chi connectivity index (χ4v) is 7.06. The van der Waals surface area contributed by atoms with Crippen molar-refractivity contribution in [2.24, 2.45) is 0 Å². The number of amides is 1. The number of carbonyl (C=O) groups excluding carboxylic acids is 1. The molecular formula is C25H33N3O5S. The average Bonchev–Trinajstić information content (AvgIpc) is 3.24. The fourth-order valence-electron chi connectivity index (χ4n) is 5.38. The van der Waals surface area contributed by atoms with Crippen LogP contribution in [0.4, 0.5) is 10.5 Å². The Balaban J connectivity index is 1.59. The molecule has 1 aromatic carbocycles. The highest BCUT2D eigenvalue weighted by atomic mass is 32.2. The van der Waals surface area contributed by atoms with Crippen LogP contribution < -0.4 is 9.64 Å². The second-order valence-electron chi connectivity index (χ2n) is 9.91. The van der Waals surface area contributed by atoms with Crippen LogP contribution in [0.5, 0.6) is 5.75 Å². The number of hydrogen-bond acceptors (Lipinski definition) is 6. The number of aromatic nitrogens is 2. The van der Waals surface area contributed by atoms with Crippen LogP contribution in [-0.4, -0.2) is 55.1 Å². The first-order valence-corrected chi connectivity index (χ1v) is 14.0. The molecule has 0 spiro atoms. The van der Waals surface area contributed by atoms with Crippen molar-refractivity contribution in [1.29, 1.82) is 0 Å². The number of sulfone groups is 1. The summed E-state index contributed by atoms with van der Waals surface area (Å²) in [5.74, 6) is 1.22. The third-order valence-corrected chi connectivity index (χ3v) is 9.28. The Morgan fingerprint density at radius 2 is 1.97 bits per heavy atom. The van der Waals surface area contributed by atoms with Crippen LogP contribution in [0.15, 0.2) is 18.5 Å². The molecule has 1 unspecified atom stereocenters. The molecule has 2 aliphatic heterocycles. The van der Waals surface area contributed by atoms with Gasteiger partial charge in [0.15, 0.2) is 9.84 Å². The smallest absolute Gasteiger partial charge is 0.414 e. The van der Waals surface area contributed by atoms with Crippen LogP contribution in [0.2, 0.25) is 0 Å². The zero-order valence-electron chi connectivity index (χ0n) is 20.1. The molecule has 1 aromatic heterocycles. The quantitative estimate of drug-likeness (QED) is 0.633. The number of benzene rings is 1. The number of ether oxygens (including phenoxy) is 2. The van der Waals surface area contributed by atoms with E-state index in [4.69, 9.17) is 9.47 Å². The second-order valence-corrected chi connectivity index (χ2v) is 12.1. The lowest BCUT2D eigenvalue weighted by Crippen LogP contribution is -2.42. The third-order valence-electron chi connectivity index (χ3n) is 7.48. The van der Waals surface area contributed by atoms with Gasteiger partial charge in [0, 0.05) is 28.9 Å². The van der Waals surface area contributed by atoms with E-state index in [9.17, 15) is 13.2 Å². The highest BCUT2D eigenvalue weighted by molar-refractivity contribution is 7.91. The van der Waals surface area contributed by atoms with E-state index in [1.807, 2.05) is 32.3 Å². The molecule has 5 rings (SSSR count). The summed E-state index contributed by atoms with van der Waals surface area (Å²) in [6.45, 7) is 4.07. The first kappa shape index (κ1) is 23.2. The molecular weight excluding hydrogens is 454 g/mol. The molecule has 2 aromatic rings. The Kier molecular flexibility index (Phi) is 6.08. The van der Waals surface area contributed by atoms with Gasteiger partial charge in [0.1, 0.15) is 5.75 Å². The molecule has 0 N–H and O–H groups in total. The minimum Gasteiger partial charge on any atom is -0.489 e. The highest BCUT2D eigenvalue weighted by Crippen LogP contribution is 2.46. The minimum atomic E-state index is -3.03. The van der Waals surface area contributed by atoms with E-state index in [2.05, 4.69) is 5.10 Å². The number of methoxy groups -OCH3 is 1. The first-order chi connectivity index (χ1) is 16.3. The van der Waals surface area contributed by atoms with Crippen molar-refractivity contribution in [1.82, 2.24) is 9.78 Å². The Bertz CT molecular complexity index is 1200. The topological polar surface area (TPSA) is 90.7 Å². The summed E-state index contributed by atoms with van der Waals surface area (Å²) in [4.78, 5) is 14.4. The van der Waals surface area contributed by atoms with Crippen LogP contribution in [0.1, 0.15) is 62.6 Å². The van der Waals surface area contributed by atoms with Crippen LogP contribution in [0.25, 0.3) is 11.1 Å².